The van der Waals surface area contributed by atoms with Crippen molar-refractivity contribution in [3.63, 3.8) is 0 Å². The van der Waals surface area contributed by atoms with E-state index in [9.17, 15) is 0 Å². The SMILES string of the molecule is Cc1ccccc1N(C)Cc1ccc(CNC(C)(C)C)s1. The molecule has 1 aromatic heterocycles. The molecule has 0 aliphatic carbocycles. The molecule has 0 fully saturated rings. The molecule has 0 saturated heterocycles. The van der Waals surface area contributed by atoms with Gasteiger partial charge in [0.05, 0.1) is 6.54 Å². The van der Waals surface area contributed by atoms with Crippen molar-refractivity contribution in [3.8, 4) is 0 Å². The van der Waals surface area contributed by atoms with Gasteiger partial charge in [0, 0.05) is 34.6 Å². The molecule has 114 valence electrons. The Morgan fingerprint density at radius 3 is 2.38 bits per heavy atom. The molecule has 2 nitrogen and oxygen atoms in total. The Balaban J connectivity index is 1.98. The maximum atomic E-state index is 3.54. The fourth-order valence-electron chi connectivity index (χ4n) is 2.27. The number of aryl methyl sites for hydroxylation is 1. The van der Waals surface area contributed by atoms with Crippen molar-refractivity contribution in [2.75, 3.05) is 11.9 Å². The molecular weight excluding hydrogens is 276 g/mol. The number of hydrogen-bond acceptors (Lipinski definition) is 3. The summed E-state index contributed by atoms with van der Waals surface area (Å²) >= 11 is 1.90. The largest absolute Gasteiger partial charge is 0.369 e. The minimum atomic E-state index is 0.169. The van der Waals surface area contributed by atoms with Gasteiger partial charge < -0.3 is 10.2 Å². The van der Waals surface area contributed by atoms with E-state index in [1.54, 1.807) is 0 Å². The van der Waals surface area contributed by atoms with Gasteiger partial charge in [-0.25, -0.2) is 0 Å². The lowest BCUT2D eigenvalue weighted by atomic mass is 10.1. The van der Waals surface area contributed by atoms with Gasteiger partial charge in [-0.15, -0.1) is 11.3 Å². The molecule has 0 amide bonds. The van der Waals surface area contributed by atoms with Crippen molar-refractivity contribution >= 4 is 17.0 Å². The fourth-order valence-corrected chi connectivity index (χ4v) is 3.28. The lowest BCUT2D eigenvalue weighted by Crippen LogP contribution is -2.34. The van der Waals surface area contributed by atoms with Gasteiger partial charge in [0.15, 0.2) is 0 Å². The third-order valence-corrected chi connectivity index (χ3v) is 4.50. The first kappa shape index (κ1) is 16.1. The quantitative estimate of drug-likeness (QED) is 0.869. The van der Waals surface area contributed by atoms with Gasteiger partial charge in [-0.2, -0.15) is 0 Å². The molecular formula is C18H26N2S. The predicted octanol–water partition coefficient (Wildman–Crippen LogP) is 4.58. The van der Waals surface area contributed by atoms with Gasteiger partial charge in [0.25, 0.3) is 0 Å². The summed E-state index contributed by atoms with van der Waals surface area (Å²) in [7, 11) is 2.16. The second-order valence-electron chi connectivity index (χ2n) is 6.61. The monoisotopic (exact) mass is 302 g/mol. The second-order valence-corrected chi connectivity index (χ2v) is 7.87. The molecule has 0 spiro atoms. The van der Waals surface area contributed by atoms with Gasteiger partial charge in [0.1, 0.15) is 0 Å². The second kappa shape index (κ2) is 6.63. The highest BCUT2D eigenvalue weighted by Gasteiger charge is 2.10. The third-order valence-electron chi connectivity index (χ3n) is 3.43. The van der Waals surface area contributed by atoms with Gasteiger partial charge in [-0.3, -0.25) is 0 Å². The van der Waals surface area contributed by atoms with E-state index in [1.165, 1.54) is 21.0 Å². The average molecular weight is 302 g/mol. The maximum Gasteiger partial charge on any atom is 0.0519 e. The number of nitrogens with one attached hydrogen (secondary N) is 1. The van der Waals surface area contributed by atoms with E-state index in [2.05, 4.69) is 81.4 Å². The summed E-state index contributed by atoms with van der Waals surface area (Å²) in [5, 5.41) is 3.54. The standard InChI is InChI=1S/C18H26N2S/c1-14-8-6-7-9-17(14)20(5)13-16-11-10-15(21-16)12-19-18(2,3)4/h6-11,19H,12-13H2,1-5H3. The highest BCUT2D eigenvalue weighted by Crippen LogP contribution is 2.23. The number of hydrogen-bond donors (Lipinski definition) is 1. The van der Waals surface area contributed by atoms with Crippen LogP contribution in [0.15, 0.2) is 36.4 Å². The molecule has 0 radical (unpaired) electrons. The van der Waals surface area contributed by atoms with Crippen LogP contribution in [0.1, 0.15) is 36.1 Å². The van der Waals surface area contributed by atoms with Crippen LogP contribution in [0.4, 0.5) is 5.69 Å². The first-order valence-corrected chi connectivity index (χ1v) is 8.26. The van der Waals surface area contributed by atoms with E-state index in [0.29, 0.717) is 0 Å². The minimum Gasteiger partial charge on any atom is -0.369 e. The van der Waals surface area contributed by atoms with Crippen LogP contribution < -0.4 is 10.2 Å². The van der Waals surface area contributed by atoms with E-state index >= 15 is 0 Å². The Kier molecular flexibility index (Phi) is 5.07. The Morgan fingerprint density at radius 1 is 1.05 bits per heavy atom. The highest BCUT2D eigenvalue weighted by molar-refractivity contribution is 7.12. The summed E-state index contributed by atoms with van der Waals surface area (Å²) in [6.45, 7) is 10.7. The molecule has 3 heteroatoms. The molecule has 0 bridgehead atoms. The Morgan fingerprint density at radius 2 is 1.71 bits per heavy atom. The molecule has 21 heavy (non-hydrogen) atoms. The van der Waals surface area contributed by atoms with Crippen LogP contribution in [0.25, 0.3) is 0 Å². The van der Waals surface area contributed by atoms with Crippen LogP contribution in [0, 0.1) is 6.92 Å². The highest BCUT2D eigenvalue weighted by atomic mass is 32.1. The molecule has 1 aromatic carbocycles. The molecule has 0 aliphatic heterocycles. The van der Waals surface area contributed by atoms with Crippen LogP contribution in [-0.4, -0.2) is 12.6 Å². The molecule has 0 saturated carbocycles. The number of para-hydroxylation sites is 1. The Labute approximate surface area is 132 Å². The number of anilines is 1. The van der Waals surface area contributed by atoms with Crippen LogP contribution in [0.2, 0.25) is 0 Å². The van der Waals surface area contributed by atoms with Crippen molar-refractivity contribution in [1.82, 2.24) is 5.32 Å². The molecule has 0 aliphatic rings. The molecule has 1 heterocycles. The number of nitrogens with zero attached hydrogens (tertiary/aromatic N) is 1. The lowest BCUT2D eigenvalue weighted by Gasteiger charge is -2.21. The van der Waals surface area contributed by atoms with Crippen LogP contribution in [-0.2, 0) is 13.1 Å². The van der Waals surface area contributed by atoms with Crippen LogP contribution >= 0.6 is 11.3 Å². The van der Waals surface area contributed by atoms with Crippen molar-refractivity contribution in [2.24, 2.45) is 0 Å². The fraction of sp³-hybridized carbons (Fsp3) is 0.444. The van der Waals surface area contributed by atoms with E-state index < -0.39 is 0 Å². The molecule has 0 unspecified atom stereocenters. The Bertz CT molecular complexity index is 581. The maximum absolute atomic E-state index is 3.54. The van der Waals surface area contributed by atoms with Crippen LogP contribution in [0.3, 0.4) is 0 Å². The summed E-state index contributed by atoms with van der Waals surface area (Å²) in [6, 6.07) is 13.0. The topological polar surface area (TPSA) is 15.3 Å². The molecule has 0 atom stereocenters. The van der Waals surface area contributed by atoms with E-state index in [0.717, 1.165) is 13.1 Å². The lowest BCUT2D eigenvalue weighted by molar-refractivity contribution is 0.426. The van der Waals surface area contributed by atoms with Gasteiger partial charge >= 0.3 is 0 Å². The molecule has 2 aromatic rings. The predicted molar refractivity (Wildman–Crippen MR) is 94.2 cm³/mol. The first-order valence-electron chi connectivity index (χ1n) is 7.44. The van der Waals surface area contributed by atoms with Gasteiger partial charge in [0.2, 0.25) is 0 Å². The zero-order valence-electron chi connectivity index (χ0n) is 13.7. The average Bonchev–Trinajstić information content (AvgIpc) is 2.83. The normalized spacial score (nSPS) is 11.7. The summed E-state index contributed by atoms with van der Waals surface area (Å²) < 4.78 is 0. The smallest absolute Gasteiger partial charge is 0.0519 e. The van der Waals surface area contributed by atoms with Crippen molar-refractivity contribution in [2.45, 2.75) is 46.3 Å². The minimum absolute atomic E-state index is 0.169. The number of rotatable bonds is 5. The zero-order valence-corrected chi connectivity index (χ0v) is 14.6. The van der Waals surface area contributed by atoms with Crippen molar-refractivity contribution < 1.29 is 0 Å². The first-order chi connectivity index (χ1) is 9.85. The van der Waals surface area contributed by atoms with Crippen LogP contribution in [0.5, 0.6) is 0 Å². The van der Waals surface area contributed by atoms with E-state index in [1.807, 2.05) is 11.3 Å². The molecule has 1 N–H and O–H groups in total. The van der Waals surface area contributed by atoms with Gasteiger partial charge in [-0.1, -0.05) is 18.2 Å². The van der Waals surface area contributed by atoms with E-state index in [-0.39, 0.29) is 5.54 Å². The van der Waals surface area contributed by atoms with Crippen molar-refractivity contribution in [3.05, 3.63) is 51.7 Å². The number of thiophene rings is 1. The van der Waals surface area contributed by atoms with E-state index in [4.69, 9.17) is 0 Å². The Hall–Kier alpha value is -1.32. The zero-order chi connectivity index (χ0) is 15.5. The summed E-state index contributed by atoms with van der Waals surface area (Å²) in [5.41, 5.74) is 2.80. The van der Waals surface area contributed by atoms with Crippen molar-refractivity contribution in [1.29, 1.82) is 0 Å². The summed E-state index contributed by atoms with van der Waals surface area (Å²) in [6.07, 6.45) is 0. The summed E-state index contributed by atoms with van der Waals surface area (Å²) in [5.74, 6) is 0. The number of benzene rings is 1. The molecule has 2 rings (SSSR count). The third kappa shape index (κ3) is 4.87. The van der Waals surface area contributed by atoms with Gasteiger partial charge in [-0.05, 0) is 51.5 Å². The summed E-state index contributed by atoms with van der Waals surface area (Å²) in [4.78, 5) is 5.13.